The van der Waals surface area contributed by atoms with Crippen molar-refractivity contribution >= 4 is 32.4 Å². The van der Waals surface area contributed by atoms with Gasteiger partial charge in [0, 0.05) is 30.9 Å². The molecule has 1 aliphatic rings. The summed E-state index contributed by atoms with van der Waals surface area (Å²) in [5.74, 6) is -0.436. The Morgan fingerprint density at radius 3 is 2.45 bits per heavy atom. The number of piperidine rings is 1. The van der Waals surface area contributed by atoms with E-state index in [-0.39, 0.29) is 11.8 Å². The second kappa shape index (κ2) is 8.03. The highest BCUT2D eigenvalue weighted by Gasteiger charge is 2.61. The molecule has 0 aliphatic carbocycles. The second-order valence-electron chi connectivity index (χ2n) is 7.17. The molecular formula is C20H18F5N3O2S. The number of hydrogen-bond donors (Lipinski definition) is 2. The minimum Gasteiger partial charge on any atom is -0.506 e. The van der Waals surface area contributed by atoms with Crippen molar-refractivity contribution in [2.75, 3.05) is 23.3 Å². The van der Waals surface area contributed by atoms with Gasteiger partial charge in [-0.3, -0.25) is 0 Å². The molecule has 2 N–H and O–H groups in total. The maximum atomic E-state index is 13.1. The first-order valence-electron chi connectivity index (χ1n) is 9.46. The third kappa shape index (κ3) is 4.60. The Bertz CT molecular complexity index is 1060. The topological polar surface area (TPSA) is 57.6 Å². The van der Waals surface area contributed by atoms with Gasteiger partial charge in [-0.2, -0.15) is 22.0 Å². The minimum atomic E-state index is -5.79. The van der Waals surface area contributed by atoms with Crippen molar-refractivity contribution in [3.05, 3.63) is 42.5 Å². The summed E-state index contributed by atoms with van der Waals surface area (Å²) in [6.07, 6.45) is -9.62. The van der Waals surface area contributed by atoms with E-state index in [0.29, 0.717) is 37.1 Å². The van der Waals surface area contributed by atoms with Crippen LogP contribution in [0, 0.1) is 0 Å². The van der Waals surface area contributed by atoms with Crippen LogP contribution in [0.4, 0.5) is 32.8 Å². The van der Waals surface area contributed by atoms with Crippen LogP contribution in [-0.4, -0.2) is 41.5 Å². The van der Waals surface area contributed by atoms with Crippen LogP contribution in [0.15, 0.2) is 42.5 Å². The van der Waals surface area contributed by atoms with E-state index >= 15 is 0 Å². The van der Waals surface area contributed by atoms with Gasteiger partial charge in [0.15, 0.2) is 5.13 Å². The Morgan fingerprint density at radius 2 is 1.77 bits per heavy atom. The average Bonchev–Trinajstić information content (AvgIpc) is 3.13. The number of para-hydroxylation sites is 1. The molecule has 3 aromatic rings. The van der Waals surface area contributed by atoms with Crippen LogP contribution in [0.3, 0.4) is 0 Å². The number of aromatic nitrogens is 1. The lowest BCUT2D eigenvalue weighted by molar-refractivity contribution is -0.360. The number of phenols is 1. The molecule has 0 spiro atoms. The van der Waals surface area contributed by atoms with Crippen molar-refractivity contribution in [2.45, 2.75) is 31.2 Å². The average molecular weight is 459 g/mol. The fraction of sp³-hybridized carbons (Fsp3) is 0.350. The Balaban J connectivity index is 1.37. The molecule has 1 saturated heterocycles. The number of aromatic hydroxyl groups is 1. The van der Waals surface area contributed by atoms with Crippen LogP contribution in [0.5, 0.6) is 11.5 Å². The first-order chi connectivity index (χ1) is 14.6. The highest BCUT2D eigenvalue weighted by Crippen LogP contribution is 2.38. The van der Waals surface area contributed by atoms with Gasteiger partial charge in [0.25, 0.3) is 0 Å². The summed E-state index contributed by atoms with van der Waals surface area (Å²) < 4.78 is 68.0. The van der Waals surface area contributed by atoms with Gasteiger partial charge in [-0.1, -0.05) is 23.5 Å². The number of phenolic OH excluding ortho intramolecular Hbond substituents is 1. The molecule has 11 heteroatoms. The number of nitrogens with one attached hydrogen (secondary N) is 1. The van der Waals surface area contributed by atoms with Gasteiger partial charge in [0.2, 0.25) is 0 Å². The van der Waals surface area contributed by atoms with Crippen LogP contribution >= 0.6 is 11.3 Å². The normalized spacial score (nSPS) is 16.0. The van der Waals surface area contributed by atoms with E-state index < -0.39 is 18.0 Å². The van der Waals surface area contributed by atoms with E-state index in [1.807, 2.05) is 6.07 Å². The second-order valence-corrected chi connectivity index (χ2v) is 8.18. The molecular weight excluding hydrogens is 441 g/mol. The largest absolute Gasteiger partial charge is 0.506 e. The van der Waals surface area contributed by atoms with Gasteiger partial charge in [0.05, 0.1) is 4.70 Å². The minimum absolute atomic E-state index is 0.0115. The molecule has 1 aliphatic heterocycles. The van der Waals surface area contributed by atoms with Crippen molar-refractivity contribution < 1.29 is 31.8 Å². The maximum absolute atomic E-state index is 13.1. The predicted octanol–water partition coefficient (Wildman–Crippen LogP) is 5.62. The molecule has 1 aromatic heterocycles. The van der Waals surface area contributed by atoms with Gasteiger partial charge in [-0.05, 0) is 37.1 Å². The highest BCUT2D eigenvalue weighted by atomic mass is 32.1. The molecule has 0 unspecified atom stereocenters. The Morgan fingerprint density at radius 1 is 1.06 bits per heavy atom. The standard InChI is InChI=1S/C20H18F5N3O2S/c21-19(22,23)20(24,25)30-14-4-1-3-13(11-14)26-12-7-9-28(10-8-12)18-27-17-15(29)5-2-6-16(17)31-18/h1-6,11-12,26,29H,7-10H2. The number of hydrogen-bond acceptors (Lipinski definition) is 6. The number of anilines is 2. The lowest BCUT2D eigenvalue weighted by atomic mass is 10.1. The van der Waals surface area contributed by atoms with Crippen LogP contribution in [0.2, 0.25) is 0 Å². The molecule has 0 radical (unpaired) electrons. The molecule has 5 nitrogen and oxygen atoms in total. The zero-order valence-corrected chi connectivity index (χ0v) is 16.8. The molecule has 0 saturated carbocycles. The molecule has 166 valence electrons. The molecule has 1 fully saturated rings. The number of halogens is 5. The van der Waals surface area contributed by atoms with E-state index in [1.165, 1.54) is 17.4 Å². The van der Waals surface area contributed by atoms with Crippen molar-refractivity contribution in [1.29, 1.82) is 0 Å². The summed E-state index contributed by atoms with van der Waals surface area (Å²) in [5.41, 5.74) is 0.967. The SMILES string of the molecule is Oc1cccc2sc(N3CCC(Nc4cccc(OC(F)(F)C(F)(F)F)c4)CC3)nc12. The van der Waals surface area contributed by atoms with Gasteiger partial charge in [0.1, 0.15) is 17.0 Å². The number of ether oxygens (including phenoxy) is 1. The van der Waals surface area contributed by atoms with Crippen molar-refractivity contribution in [1.82, 2.24) is 4.98 Å². The number of alkyl halides is 5. The summed E-state index contributed by atoms with van der Waals surface area (Å²) in [6, 6.07) is 10.4. The number of fused-ring (bicyclic) bond motifs is 1. The summed E-state index contributed by atoms with van der Waals surface area (Å²) in [5, 5.41) is 13.9. The van der Waals surface area contributed by atoms with Crippen LogP contribution in [0.1, 0.15) is 12.8 Å². The van der Waals surface area contributed by atoms with Crippen LogP contribution in [-0.2, 0) is 0 Å². The predicted molar refractivity (Wildman–Crippen MR) is 108 cm³/mol. The van der Waals surface area contributed by atoms with Gasteiger partial charge in [-0.25, -0.2) is 4.98 Å². The molecule has 31 heavy (non-hydrogen) atoms. The van der Waals surface area contributed by atoms with Crippen LogP contribution in [0.25, 0.3) is 10.2 Å². The zero-order chi connectivity index (χ0) is 22.2. The molecule has 2 aromatic carbocycles. The Labute approximate surface area is 178 Å². The zero-order valence-electron chi connectivity index (χ0n) is 16.0. The first-order valence-corrected chi connectivity index (χ1v) is 10.3. The molecule has 0 atom stereocenters. The fourth-order valence-corrected chi connectivity index (χ4v) is 4.40. The van der Waals surface area contributed by atoms with Gasteiger partial charge >= 0.3 is 12.3 Å². The molecule has 0 amide bonds. The number of nitrogens with zero attached hydrogens (tertiary/aromatic N) is 2. The number of rotatable bonds is 5. The number of benzene rings is 2. The lowest BCUT2D eigenvalue weighted by Gasteiger charge is -2.32. The monoisotopic (exact) mass is 459 g/mol. The van der Waals surface area contributed by atoms with E-state index in [9.17, 15) is 27.1 Å². The van der Waals surface area contributed by atoms with Crippen molar-refractivity contribution in [3.8, 4) is 11.5 Å². The van der Waals surface area contributed by atoms with E-state index in [1.54, 1.807) is 18.2 Å². The Hall–Kier alpha value is -2.82. The fourth-order valence-electron chi connectivity index (χ4n) is 3.36. The van der Waals surface area contributed by atoms with E-state index in [0.717, 1.165) is 22.0 Å². The summed E-state index contributed by atoms with van der Waals surface area (Å²) in [7, 11) is 0. The molecule has 0 bridgehead atoms. The first kappa shape index (κ1) is 21.4. The van der Waals surface area contributed by atoms with Crippen LogP contribution < -0.4 is 15.0 Å². The molecule has 2 heterocycles. The third-order valence-corrected chi connectivity index (χ3v) is 6.01. The highest BCUT2D eigenvalue weighted by molar-refractivity contribution is 7.22. The maximum Gasteiger partial charge on any atom is 0.499 e. The summed E-state index contributed by atoms with van der Waals surface area (Å²) in [6.45, 7) is 1.36. The summed E-state index contributed by atoms with van der Waals surface area (Å²) >= 11 is 1.49. The smallest absolute Gasteiger partial charge is 0.499 e. The number of thiazole rings is 1. The summed E-state index contributed by atoms with van der Waals surface area (Å²) in [4.78, 5) is 6.61. The lowest BCUT2D eigenvalue weighted by Crippen LogP contribution is -2.41. The third-order valence-electron chi connectivity index (χ3n) is 4.93. The quantitative estimate of drug-likeness (QED) is 0.486. The molecule has 4 rings (SSSR count). The Kier molecular flexibility index (Phi) is 5.54. The van der Waals surface area contributed by atoms with Crippen molar-refractivity contribution in [2.24, 2.45) is 0 Å². The van der Waals surface area contributed by atoms with E-state index in [2.05, 4.69) is 19.9 Å². The van der Waals surface area contributed by atoms with Crippen molar-refractivity contribution in [3.63, 3.8) is 0 Å². The van der Waals surface area contributed by atoms with Gasteiger partial charge < -0.3 is 20.1 Å². The van der Waals surface area contributed by atoms with E-state index in [4.69, 9.17) is 0 Å². The van der Waals surface area contributed by atoms with Gasteiger partial charge in [-0.15, -0.1) is 0 Å².